The van der Waals surface area contributed by atoms with Crippen LogP contribution in [0.2, 0.25) is 0 Å². The van der Waals surface area contributed by atoms with E-state index in [1.54, 1.807) is 0 Å². The number of rotatable bonds is 4. The molecule has 0 N–H and O–H groups in total. The van der Waals surface area contributed by atoms with Crippen LogP contribution in [0.3, 0.4) is 0 Å². The van der Waals surface area contributed by atoms with Gasteiger partial charge < -0.3 is 0 Å². The summed E-state index contributed by atoms with van der Waals surface area (Å²) in [5, 5.41) is 3.44. The van der Waals surface area contributed by atoms with Gasteiger partial charge in [-0.1, -0.05) is 146 Å². The second-order valence-electron chi connectivity index (χ2n) is 14.8. The maximum Gasteiger partial charge on any atom is 0.156 e. The maximum atomic E-state index is 5.47. The molecule has 0 aliphatic heterocycles. The van der Waals surface area contributed by atoms with Gasteiger partial charge in [0.2, 0.25) is 0 Å². The highest BCUT2D eigenvalue weighted by Gasteiger charge is 2.29. The predicted octanol–water partition coefficient (Wildman–Crippen LogP) is 12.6. The first-order chi connectivity index (χ1) is 28.3. The first-order valence-corrected chi connectivity index (χ1v) is 19.4. The zero-order chi connectivity index (χ0) is 37.5. The molecule has 5 heteroatoms. The Bertz CT molecular complexity index is 3410. The minimum atomic E-state index is 0.619. The van der Waals surface area contributed by atoms with Gasteiger partial charge in [0.25, 0.3) is 0 Å². The summed E-state index contributed by atoms with van der Waals surface area (Å²) in [4.78, 5) is 16.2. The lowest BCUT2D eigenvalue weighted by Gasteiger charge is -2.17. The normalized spacial score (nSPS) is 12.6. The van der Waals surface area contributed by atoms with Crippen molar-refractivity contribution in [1.82, 2.24) is 23.9 Å². The molecule has 4 aromatic heterocycles. The summed E-state index contributed by atoms with van der Waals surface area (Å²) in [5.41, 5.74) is 17.3. The SMILES string of the molecule is C1=C(c2nc(-c3ccccc3)c3ccccc3n2)Cc2c(c3nc4ccccc4n3c3c2c2ccccc2n3-c2ccc(-c3ccccc3)cc2)-c2ccccc21. The van der Waals surface area contributed by atoms with E-state index >= 15 is 0 Å². The fourth-order valence-corrected chi connectivity index (χ4v) is 9.02. The topological polar surface area (TPSA) is 48.0 Å². The standard InChI is InChI=1S/C52H33N5/c1-3-15-33(16-4-1)34-27-29-38(30-28-34)56-45-25-13-10-22-41(45)48-42-32-37(50-53-43-23-11-9-21-40(43)49(55-50)35-17-5-2-6-18-35)31-36-19-7-8-20-39(36)47(42)51-54-44-24-12-14-26-46(44)57(51)52(48)56/h1-31H,32H2. The molecule has 7 aromatic carbocycles. The van der Waals surface area contributed by atoms with E-state index in [1.807, 2.05) is 0 Å². The molecular weight excluding hydrogens is 695 g/mol. The molecule has 12 rings (SSSR count). The number of nitrogens with zero attached hydrogens (tertiary/aromatic N) is 5. The first kappa shape index (κ1) is 31.7. The number of fused-ring (bicyclic) bond motifs is 13. The number of aromatic nitrogens is 5. The third-order valence-electron chi connectivity index (χ3n) is 11.5. The molecule has 0 bridgehead atoms. The summed E-state index contributed by atoms with van der Waals surface area (Å²) in [5.74, 6) is 0.733. The Kier molecular flexibility index (Phi) is 6.92. The van der Waals surface area contributed by atoms with Crippen molar-refractivity contribution in [2.75, 3.05) is 0 Å². The van der Waals surface area contributed by atoms with Gasteiger partial charge in [0.15, 0.2) is 5.82 Å². The summed E-state index contributed by atoms with van der Waals surface area (Å²) < 4.78 is 4.83. The molecule has 0 saturated heterocycles. The molecule has 0 saturated carbocycles. The van der Waals surface area contributed by atoms with E-state index < -0.39 is 0 Å². The maximum absolute atomic E-state index is 5.47. The highest BCUT2D eigenvalue weighted by Crippen LogP contribution is 2.47. The van der Waals surface area contributed by atoms with Gasteiger partial charge in [-0.3, -0.25) is 8.97 Å². The summed E-state index contributed by atoms with van der Waals surface area (Å²) in [6.45, 7) is 0. The lowest BCUT2D eigenvalue weighted by molar-refractivity contribution is 1.10. The van der Waals surface area contributed by atoms with E-state index in [0.717, 1.165) is 83.8 Å². The highest BCUT2D eigenvalue weighted by atomic mass is 15.1. The van der Waals surface area contributed by atoms with Crippen LogP contribution in [-0.2, 0) is 6.42 Å². The Hall–Kier alpha value is -7.63. The lowest BCUT2D eigenvalue weighted by Crippen LogP contribution is -2.04. The van der Waals surface area contributed by atoms with E-state index in [2.05, 4.69) is 197 Å². The fourth-order valence-electron chi connectivity index (χ4n) is 9.02. The van der Waals surface area contributed by atoms with Crippen molar-refractivity contribution < 1.29 is 0 Å². The van der Waals surface area contributed by atoms with Crippen molar-refractivity contribution in [3.63, 3.8) is 0 Å². The van der Waals surface area contributed by atoms with Gasteiger partial charge >= 0.3 is 0 Å². The third kappa shape index (κ3) is 4.85. The number of benzene rings is 7. The van der Waals surface area contributed by atoms with Crippen molar-refractivity contribution in [2.24, 2.45) is 0 Å². The van der Waals surface area contributed by atoms with Crippen molar-refractivity contribution in [1.29, 1.82) is 0 Å². The molecule has 0 atom stereocenters. The van der Waals surface area contributed by atoms with Crippen LogP contribution in [0, 0.1) is 0 Å². The molecule has 266 valence electrons. The smallest absolute Gasteiger partial charge is 0.156 e. The Morgan fingerprint density at radius 1 is 0.474 bits per heavy atom. The second kappa shape index (κ2) is 12.4. The van der Waals surface area contributed by atoms with Gasteiger partial charge in [0.05, 0.1) is 27.8 Å². The quantitative estimate of drug-likeness (QED) is 0.181. The molecule has 1 aliphatic carbocycles. The Morgan fingerprint density at radius 2 is 1.11 bits per heavy atom. The van der Waals surface area contributed by atoms with Crippen molar-refractivity contribution in [2.45, 2.75) is 6.42 Å². The molecule has 0 radical (unpaired) electrons. The summed E-state index contributed by atoms with van der Waals surface area (Å²) >= 11 is 0. The average Bonchev–Trinajstić information content (AvgIpc) is 3.77. The minimum Gasteiger partial charge on any atom is -0.295 e. The highest BCUT2D eigenvalue weighted by molar-refractivity contribution is 6.16. The van der Waals surface area contributed by atoms with Crippen molar-refractivity contribution >= 4 is 61.2 Å². The zero-order valence-corrected chi connectivity index (χ0v) is 30.8. The number of allylic oxidation sites excluding steroid dienone is 1. The number of imidazole rings is 1. The second-order valence-corrected chi connectivity index (χ2v) is 14.8. The van der Waals surface area contributed by atoms with Gasteiger partial charge in [-0.05, 0) is 70.3 Å². The molecule has 0 amide bonds. The summed E-state index contributed by atoms with van der Waals surface area (Å²) in [6, 6.07) is 64.4. The van der Waals surface area contributed by atoms with Crippen LogP contribution in [0.1, 0.15) is 17.0 Å². The molecule has 57 heavy (non-hydrogen) atoms. The van der Waals surface area contributed by atoms with Crippen LogP contribution in [0.25, 0.3) is 100 Å². The molecule has 0 unspecified atom stereocenters. The van der Waals surface area contributed by atoms with Crippen LogP contribution in [0.4, 0.5) is 0 Å². The number of hydrogen-bond donors (Lipinski definition) is 0. The number of hydrogen-bond acceptors (Lipinski definition) is 3. The van der Waals surface area contributed by atoms with E-state index in [0.29, 0.717) is 6.42 Å². The molecule has 1 aliphatic rings. The molecule has 4 heterocycles. The Morgan fingerprint density at radius 3 is 1.91 bits per heavy atom. The predicted molar refractivity (Wildman–Crippen MR) is 234 cm³/mol. The Balaban J connectivity index is 1.19. The van der Waals surface area contributed by atoms with Crippen LogP contribution in [0.15, 0.2) is 182 Å². The van der Waals surface area contributed by atoms with E-state index in [4.69, 9.17) is 15.0 Å². The van der Waals surface area contributed by atoms with Crippen molar-refractivity contribution in [3.05, 3.63) is 199 Å². The van der Waals surface area contributed by atoms with E-state index in [9.17, 15) is 0 Å². The number of para-hydroxylation sites is 4. The Labute approximate surface area is 328 Å². The van der Waals surface area contributed by atoms with Crippen molar-refractivity contribution in [3.8, 4) is 39.2 Å². The first-order valence-electron chi connectivity index (χ1n) is 19.4. The fraction of sp³-hybridized carbons (Fsp3) is 0.0192. The molecule has 0 fully saturated rings. The monoisotopic (exact) mass is 727 g/mol. The third-order valence-corrected chi connectivity index (χ3v) is 11.5. The minimum absolute atomic E-state index is 0.619. The van der Waals surface area contributed by atoms with E-state index in [1.165, 1.54) is 27.5 Å². The number of pyridine rings is 1. The van der Waals surface area contributed by atoms with Gasteiger partial charge in [0, 0.05) is 45.0 Å². The molecule has 5 nitrogen and oxygen atoms in total. The summed E-state index contributed by atoms with van der Waals surface area (Å²) in [6.07, 6.45) is 2.93. The van der Waals surface area contributed by atoms with Crippen LogP contribution >= 0.6 is 0 Å². The van der Waals surface area contributed by atoms with Crippen LogP contribution in [-0.4, -0.2) is 23.9 Å². The summed E-state index contributed by atoms with van der Waals surface area (Å²) in [7, 11) is 0. The molecule has 11 aromatic rings. The van der Waals surface area contributed by atoms with Gasteiger partial charge in [-0.2, -0.15) is 0 Å². The van der Waals surface area contributed by atoms with Gasteiger partial charge in [-0.25, -0.2) is 15.0 Å². The molecule has 0 spiro atoms. The van der Waals surface area contributed by atoms with E-state index in [-0.39, 0.29) is 0 Å². The van der Waals surface area contributed by atoms with Gasteiger partial charge in [-0.15, -0.1) is 0 Å². The van der Waals surface area contributed by atoms with Crippen LogP contribution in [0.5, 0.6) is 0 Å². The zero-order valence-electron chi connectivity index (χ0n) is 30.8. The lowest BCUT2D eigenvalue weighted by atomic mass is 9.93. The average molecular weight is 728 g/mol. The van der Waals surface area contributed by atoms with Gasteiger partial charge in [0.1, 0.15) is 11.3 Å². The largest absolute Gasteiger partial charge is 0.295 e. The molecular formula is C52H33N5. The van der Waals surface area contributed by atoms with Crippen LogP contribution < -0.4 is 0 Å².